The van der Waals surface area contributed by atoms with Crippen LogP contribution in [0.15, 0.2) is 104 Å². The lowest BCUT2D eigenvalue weighted by Crippen LogP contribution is -2.62. The van der Waals surface area contributed by atoms with E-state index in [1.807, 2.05) is 13.8 Å². The van der Waals surface area contributed by atoms with Gasteiger partial charge in [-0.25, -0.2) is 4.98 Å². The number of imidazole rings is 1. The minimum Gasteiger partial charge on any atom is -0.394 e. The molecule has 0 aliphatic carbocycles. The zero-order valence-electron chi connectivity index (χ0n) is 76.7. The zero-order valence-corrected chi connectivity index (χ0v) is 77.5. The molecule has 0 saturated carbocycles. The first-order valence-electron chi connectivity index (χ1n) is 44.8. The molecule has 2 aliphatic rings. The summed E-state index contributed by atoms with van der Waals surface area (Å²) in [6.45, 7) is 6.13. The number of aromatic amines is 3. The number of aliphatic hydroxyl groups is 2. The molecule has 3 aromatic carbocycles. The molecule has 2 aliphatic heterocycles. The summed E-state index contributed by atoms with van der Waals surface area (Å²) in [4.78, 5) is 252. The third kappa shape index (κ3) is 31.0. The fourth-order valence-corrected chi connectivity index (χ4v) is 17.0. The van der Waals surface area contributed by atoms with Crippen molar-refractivity contribution in [2.45, 2.75) is 229 Å². The van der Waals surface area contributed by atoms with Gasteiger partial charge in [0, 0.05) is 118 Å². The number of nitrogens with one attached hydrogen (secondary N) is 15. The molecule has 5 heterocycles. The van der Waals surface area contributed by atoms with E-state index >= 15 is 19.2 Å². The lowest BCUT2D eigenvalue weighted by Gasteiger charge is -2.41. The van der Waals surface area contributed by atoms with E-state index in [9.17, 15) is 67.7 Å². The van der Waals surface area contributed by atoms with Gasteiger partial charge < -0.3 is 120 Å². The molecule has 16 amide bonds. The Morgan fingerprint density at radius 2 is 1.12 bits per heavy atom. The number of benzene rings is 3. The number of unbranched alkanes of at least 4 members (excludes halogenated alkanes) is 2. The highest BCUT2D eigenvalue weighted by atomic mass is 32.2. The van der Waals surface area contributed by atoms with Crippen LogP contribution < -0.4 is 75.7 Å². The van der Waals surface area contributed by atoms with E-state index in [-0.39, 0.29) is 96.1 Å². The summed E-state index contributed by atoms with van der Waals surface area (Å²) in [6.07, 6.45) is 4.86. The number of nitrogens with zero attached hydrogens (tertiary/aromatic N) is 6. The summed E-state index contributed by atoms with van der Waals surface area (Å²) >= 11 is 0.811. The fourth-order valence-electron chi connectivity index (χ4n) is 16.1. The monoisotopic (exact) mass is 1870 g/mol. The lowest BCUT2D eigenvalue weighted by molar-refractivity contribution is -0.147. The summed E-state index contributed by atoms with van der Waals surface area (Å²) in [7, 11) is 5.45. The van der Waals surface area contributed by atoms with Crippen molar-refractivity contribution in [2.75, 3.05) is 72.5 Å². The van der Waals surface area contributed by atoms with Gasteiger partial charge in [-0.1, -0.05) is 120 Å². The Morgan fingerprint density at radius 3 is 1.73 bits per heavy atom. The molecule has 8 rings (SSSR count). The maximum atomic E-state index is 15.7. The number of aliphatic hydroxyl groups excluding tert-OH is 2. The Kier molecular flexibility index (Phi) is 40.9. The molecule has 42 nitrogen and oxygen atoms in total. The van der Waals surface area contributed by atoms with Crippen LogP contribution >= 0.6 is 11.8 Å². The largest absolute Gasteiger partial charge is 0.394 e. The number of fused-ring (bicyclic) bond motifs is 3. The number of hydrogen-bond acceptors (Lipinski definition) is 22. The Labute approximate surface area is 775 Å². The van der Waals surface area contributed by atoms with Crippen molar-refractivity contribution in [1.82, 2.24) is 103 Å². The van der Waals surface area contributed by atoms with Crippen LogP contribution in [0.25, 0.3) is 21.8 Å². The average molecular weight is 1870 g/mol. The van der Waals surface area contributed by atoms with Gasteiger partial charge in [-0.2, -0.15) is 0 Å². The normalized spacial score (nSPS) is 24.1. The molecule has 0 bridgehead atoms. The number of amides is 16. The first-order valence-corrected chi connectivity index (χ1v) is 46.0. The highest BCUT2D eigenvalue weighted by Gasteiger charge is 2.44. The molecule has 0 radical (unpaired) electrons. The maximum absolute atomic E-state index is 15.7. The number of rotatable bonds is 27. The van der Waals surface area contributed by atoms with Crippen molar-refractivity contribution in [1.29, 1.82) is 5.41 Å². The average Bonchev–Trinajstić information content (AvgIpc) is 1.06. The molecule has 3 aromatic heterocycles. The van der Waals surface area contributed by atoms with Crippen molar-refractivity contribution in [3.63, 3.8) is 0 Å². The van der Waals surface area contributed by atoms with Gasteiger partial charge in [0.05, 0.1) is 43.9 Å². The van der Waals surface area contributed by atoms with Gasteiger partial charge in [0.25, 0.3) is 0 Å². The molecule has 133 heavy (non-hydrogen) atoms. The second-order valence-electron chi connectivity index (χ2n) is 34.2. The number of aromatic nitrogens is 4. The molecule has 23 N–H and O–H groups in total. The molecule has 14 atom stereocenters. The van der Waals surface area contributed by atoms with E-state index in [2.05, 4.69) is 78.4 Å². The van der Waals surface area contributed by atoms with Crippen molar-refractivity contribution in [3.05, 3.63) is 126 Å². The third-order valence-corrected chi connectivity index (χ3v) is 24.7. The quantitative estimate of drug-likeness (QED) is 0.0151. The number of carbonyl (C=O) groups is 16. The van der Waals surface area contributed by atoms with E-state index in [1.54, 1.807) is 105 Å². The van der Waals surface area contributed by atoms with Crippen LogP contribution in [-0.4, -0.2) is 312 Å². The van der Waals surface area contributed by atoms with Crippen LogP contribution in [-0.2, 0) is 102 Å². The number of H-pyrrole nitrogens is 3. The van der Waals surface area contributed by atoms with Crippen LogP contribution in [0.4, 0.5) is 0 Å². The van der Waals surface area contributed by atoms with Crippen LogP contribution in [0.1, 0.15) is 140 Å². The van der Waals surface area contributed by atoms with E-state index in [4.69, 9.17) is 22.6 Å². The molecule has 2 fully saturated rings. The SMILES string of the molecule is CCCC[C@H]1C(O)N(C)[C@@H](CCCC)C(=O)N[C@@H](CCCNC(=N)N)C(=O)N[C@H](C(=O)NCC(N)=O)CSCC(=O)N[C@@H](Cc2ccccc2)C(=O)N(C)[C@@H](C)C(=O)N[C@@H](CCC(N)=O)C(=O)N2CCC[C@H]2C(=O)N[C@@H](Cc2cnc[nH]2)C(=O)N[C@@H](CC(C)C)C(=O)N(C)CC(=O)N[C@@H](Cc2c[nH]c3ccccc23)C(=O)N[C@@H](CO)C(=O)N[C@@H](Cc2c[nH]c3ccccc23)C(=O)N1C. The van der Waals surface area contributed by atoms with Gasteiger partial charge in [0.15, 0.2) is 5.96 Å². The van der Waals surface area contributed by atoms with Crippen molar-refractivity contribution < 1.29 is 86.9 Å². The minimum atomic E-state index is -1.83. The fraction of sp³-hybridized carbons (Fsp3) is 0.533. The van der Waals surface area contributed by atoms with E-state index in [1.165, 1.54) is 62.3 Å². The maximum Gasteiger partial charge on any atom is 0.245 e. The van der Waals surface area contributed by atoms with Crippen LogP contribution in [0, 0.1) is 11.3 Å². The highest BCUT2D eigenvalue weighted by molar-refractivity contribution is 8.00. The van der Waals surface area contributed by atoms with Crippen LogP contribution in [0.3, 0.4) is 0 Å². The summed E-state index contributed by atoms with van der Waals surface area (Å²) in [5, 5.41) is 62.7. The molecule has 43 heteroatoms. The molecule has 6 aromatic rings. The number of carbonyl (C=O) groups excluding carboxylic acids is 16. The summed E-state index contributed by atoms with van der Waals surface area (Å²) < 4.78 is 0. The van der Waals surface area contributed by atoms with Gasteiger partial charge in [0.1, 0.15) is 72.7 Å². The molecular formula is C90H130N24O18S. The zero-order chi connectivity index (χ0) is 97.3. The molecular weight excluding hydrogens is 1740 g/mol. The Bertz CT molecular complexity index is 5010. The van der Waals surface area contributed by atoms with E-state index in [0.717, 1.165) is 21.6 Å². The second-order valence-corrected chi connectivity index (χ2v) is 35.2. The first kappa shape index (κ1) is 105. The second kappa shape index (κ2) is 51.7. The van der Waals surface area contributed by atoms with Crippen molar-refractivity contribution in [3.8, 4) is 0 Å². The predicted octanol–water partition coefficient (Wildman–Crippen LogP) is -1.96. The van der Waals surface area contributed by atoms with Gasteiger partial charge in [-0.15, -0.1) is 11.8 Å². The number of nitrogens with two attached hydrogens (primary N) is 3. The summed E-state index contributed by atoms with van der Waals surface area (Å²) in [5.74, 6) is -15.6. The Balaban J connectivity index is 1.18. The topological polar surface area (TPSA) is 624 Å². The van der Waals surface area contributed by atoms with Crippen LogP contribution in [0.2, 0.25) is 0 Å². The molecule has 1 unspecified atom stereocenters. The number of thioether (sulfide) groups is 1. The molecule has 724 valence electrons. The summed E-state index contributed by atoms with van der Waals surface area (Å²) in [5.41, 5.74) is 20.1. The Morgan fingerprint density at radius 1 is 0.564 bits per heavy atom. The van der Waals surface area contributed by atoms with Crippen LogP contribution in [0.5, 0.6) is 0 Å². The number of para-hydroxylation sites is 2. The number of likely N-dealkylation sites (N-methyl/N-ethyl adjacent to an activating group) is 4. The first-order chi connectivity index (χ1) is 63.4. The molecule has 0 spiro atoms. The van der Waals surface area contributed by atoms with Gasteiger partial charge in [-0.05, 0) is 100 Å². The minimum absolute atomic E-state index is 0.0159. The van der Waals surface area contributed by atoms with Crippen molar-refractivity contribution in [2.24, 2.45) is 23.1 Å². The smallest absolute Gasteiger partial charge is 0.245 e. The molecule has 2 saturated heterocycles. The Hall–Kier alpha value is -13.0. The number of primary amides is 2. The summed E-state index contributed by atoms with van der Waals surface area (Å²) in [6, 6.07) is 3.77. The van der Waals surface area contributed by atoms with Crippen molar-refractivity contribution >= 4 is 134 Å². The standard InChI is InChI=1S/C90H130N24O18S/c1-10-12-30-70-83(126)103-61(29-21-35-96-90(93)94)79(122)109-69(78(121)99-45-74(92)117)48-133-49-76(119)102-66(38-53-23-15-14-16-24-53)86(129)111(7)52(5)77(120)104-62(33-34-73(91)116)88(131)114-36-22-32-71(114)84(127)105-64(41-56-44-95-50-100-56)81(124)106-65(37-51(3)4)85(128)110(6)46-75(118)101-63(39-54-42-97-59-27-19-17-25-57(54)59)80(123)108-68(47-115)82(125)107-67(40-55-43-98-60-28-20-18-26-58(55)60)87(130)113(9)72(31-13-11-2)89(132)112(70)8/h14-20,23-28,42-44,50-52,61-72,89,97-98,115,132H,10-13,21-22,29-41,45-49H2,1-9H3,(H2,91,116)(H2,92,117)(H,95,100)(H,99,121)(H,101,118)(H,102,119)(H,103,126)(H,104,120)(H,105,127)(H,106,124)(H,107,125)(H,108,123)(H,109,122)(H4,93,94,96)/t52-,61-,62-,63-,64-,65-,66-,67-,68-,69-,70-,71-,72-,89?/m0/s1. The van der Waals surface area contributed by atoms with Gasteiger partial charge in [0.2, 0.25) is 94.5 Å². The van der Waals surface area contributed by atoms with E-state index in [0.29, 0.717) is 69.9 Å². The third-order valence-electron chi connectivity index (χ3n) is 23.6. The number of guanidine groups is 1. The predicted molar refractivity (Wildman–Crippen MR) is 495 cm³/mol. The van der Waals surface area contributed by atoms with E-state index < -0.39 is 223 Å². The number of hydrogen-bond donors (Lipinski definition) is 20. The highest BCUT2D eigenvalue weighted by Crippen LogP contribution is 2.27. The van der Waals surface area contributed by atoms with Gasteiger partial charge in [-0.3, -0.25) is 87.0 Å². The van der Waals surface area contributed by atoms with Gasteiger partial charge >= 0.3 is 0 Å². The lowest BCUT2D eigenvalue weighted by atomic mass is 9.99.